The van der Waals surface area contributed by atoms with E-state index in [1.54, 1.807) is 6.07 Å². The van der Waals surface area contributed by atoms with Gasteiger partial charge in [-0.25, -0.2) is 4.39 Å². The maximum Gasteiger partial charge on any atom is 0.125 e. The van der Waals surface area contributed by atoms with Crippen LogP contribution in [-0.2, 0) is 20.0 Å². The van der Waals surface area contributed by atoms with Gasteiger partial charge in [0.2, 0.25) is 0 Å². The smallest absolute Gasteiger partial charge is 0.125 e. The Bertz CT molecular complexity index is 574. The van der Waals surface area contributed by atoms with Gasteiger partial charge in [0.1, 0.15) is 5.82 Å². The lowest BCUT2D eigenvalue weighted by molar-refractivity contribution is 0.621. The minimum atomic E-state index is -0.267. The summed E-state index contributed by atoms with van der Waals surface area (Å²) in [5.74, 6) is -0.267. The van der Waals surface area contributed by atoms with E-state index >= 15 is 0 Å². The number of fused-ring (bicyclic) bond motifs is 3. The van der Waals surface area contributed by atoms with Crippen LogP contribution in [0.1, 0.15) is 11.3 Å². The maximum atomic E-state index is 13.4. The molecule has 0 amide bonds. The van der Waals surface area contributed by atoms with Crippen LogP contribution in [0.5, 0.6) is 0 Å². The van der Waals surface area contributed by atoms with Crippen LogP contribution >= 0.6 is 11.6 Å². The summed E-state index contributed by atoms with van der Waals surface area (Å²) in [7, 11) is 2.00. The van der Waals surface area contributed by atoms with Crippen molar-refractivity contribution >= 4 is 22.5 Å². The van der Waals surface area contributed by atoms with E-state index in [0.717, 1.165) is 30.4 Å². The van der Waals surface area contributed by atoms with Crippen LogP contribution in [0.25, 0.3) is 10.9 Å². The van der Waals surface area contributed by atoms with Gasteiger partial charge in [0.15, 0.2) is 0 Å². The van der Waals surface area contributed by atoms with E-state index in [4.69, 9.17) is 11.6 Å². The van der Waals surface area contributed by atoms with Gasteiger partial charge in [-0.15, -0.1) is 0 Å². The normalized spacial score (nSPS) is 15.4. The van der Waals surface area contributed by atoms with Gasteiger partial charge in [-0.05, 0) is 17.7 Å². The maximum absolute atomic E-state index is 13.4. The lowest BCUT2D eigenvalue weighted by Crippen LogP contribution is -2.24. The first-order valence-corrected chi connectivity index (χ1v) is 5.72. The summed E-state index contributed by atoms with van der Waals surface area (Å²) in [6, 6.07) is 2.95. The Labute approximate surface area is 98.0 Å². The highest BCUT2D eigenvalue weighted by Gasteiger charge is 2.20. The largest absolute Gasteiger partial charge is 0.346 e. The molecule has 1 aliphatic heterocycles. The Kier molecular flexibility index (Phi) is 2.19. The lowest BCUT2D eigenvalue weighted by Gasteiger charge is -2.14. The first-order chi connectivity index (χ1) is 7.68. The molecule has 2 aromatic rings. The topological polar surface area (TPSA) is 17.0 Å². The van der Waals surface area contributed by atoms with Gasteiger partial charge in [-0.2, -0.15) is 0 Å². The average Bonchev–Trinajstić information content (AvgIpc) is 2.54. The predicted molar refractivity (Wildman–Crippen MR) is 63.3 cm³/mol. The Hall–Kier alpha value is -1.06. The second-order valence-corrected chi connectivity index (χ2v) is 4.60. The summed E-state index contributed by atoms with van der Waals surface area (Å²) in [6.45, 7) is 1.77. The zero-order valence-corrected chi connectivity index (χ0v) is 9.74. The third kappa shape index (κ3) is 1.28. The zero-order valence-electron chi connectivity index (χ0n) is 8.98. The summed E-state index contributed by atoms with van der Waals surface area (Å²) in [5, 5.41) is 4.74. The van der Waals surface area contributed by atoms with Crippen molar-refractivity contribution < 1.29 is 4.39 Å². The molecule has 0 unspecified atom stereocenters. The molecule has 2 nitrogen and oxygen atoms in total. The van der Waals surface area contributed by atoms with E-state index in [9.17, 15) is 4.39 Å². The number of hydrogen-bond acceptors (Lipinski definition) is 1. The van der Waals surface area contributed by atoms with Crippen LogP contribution in [0.4, 0.5) is 4.39 Å². The lowest BCUT2D eigenvalue weighted by atomic mass is 10.1. The van der Waals surface area contributed by atoms with Crippen LogP contribution in [0.15, 0.2) is 12.1 Å². The Morgan fingerprint density at radius 3 is 3.06 bits per heavy atom. The van der Waals surface area contributed by atoms with Gasteiger partial charge < -0.3 is 9.88 Å². The number of aryl methyl sites for hydroxylation is 1. The molecule has 1 N–H and O–H groups in total. The van der Waals surface area contributed by atoms with E-state index in [1.807, 2.05) is 7.05 Å². The fourth-order valence-corrected chi connectivity index (χ4v) is 2.90. The minimum Gasteiger partial charge on any atom is -0.346 e. The molecule has 0 fully saturated rings. The molecule has 3 rings (SSSR count). The van der Waals surface area contributed by atoms with Gasteiger partial charge in [-0.1, -0.05) is 11.6 Å². The molecule has 0 spiro atoms. The fraction of sp³-hybridized carbons (Fsp3) is 0.333. The highest BCUT2D eigenvalue weighted by atomic mass is 35.5. The molecular formula is C12H12ClFN2. The van der Waals surface area contributed by atoms with E-state index in [0.29, 0.717) is 5.02 Å². The van der Waals surface area contributed by atoms with Crippen LogP contribution in [0, 0.1) is 5.82 Å². The highest BCUT2D eigenvalue weighted by Crippen LogP contribution is 2.33. The first kappa shape index (κ1) is 10.1. The van der Waals surface area contributed by atoms with Crippen molar-refractivity contribution in [1.82, 2.24) is 9.88 Å². The van der Waals surface area contributed by atoms with Crippen molar-refractivity contribution in [1.29, 1.82) is 0 Å². The molecule has 0 radical (unpaired) electrons. The molecule has 0 saturated heterocycles. The number of nitrogens with zero attached hydrogens (tertiary/aromatic N) is 1. The minimum absolute atomic E-state index is 0.267. The van der Waals surface area contributed by atoms with E-state index in [2.05, 4.69) is 9.88 Å². The summed E-state index contributed by atoms with van der Waals surface area (Å²) in [4.78, 5) is 0. The second-order valence-electron chi connectivity index (χ2n) is 4.19. The molecular weight excluding hydrogens is 227 g/mol. The Balaban J connectivity index is 2.44. The van der Waals surface area contributed by atoms with Crippen LogP contribution in [0.2, 0.25) is 5.02 Å². The van der Waals surface area contributed by atoms with Gasteiger partial charge in [0.05, 0.1) is 10.5 Å². The van der Waals surface area contributed by atoms with Crippen molar-refractivity contribution in [2.75, 3.05) is 6.54 Å². The fourth-order valence-electron chi connectivity index (χ4n) is 2.57. The van der Waals surface area contributed by atoms with E-state index in [-0.39, 0.29) is 5.82 Å². The van der Waals surface area contributed by atoms with Crippen molar-refractivity contribution in [3.63, 3.8) is 0 Å². The molecule has 0 saturated carbocycles. The van der Waals surface area contributed by atoms with Crippen LogP contribution in [-0.4, -0.2) is 11.1 Å². The van der Waals surface area contributed by atoms with Crippen LogP contribution in [0.3, 0.4) is 0 Å². The summed E-state index contributed by atoms with van der Waals surface area (Å²) >= 11 is 6.11. The first-order valence-electron chi connectivity index (χ1n) is 5.34. The van der Waals surface area contributed by atoms with E-state index < -0.39 is 0 Å². The van der Waals surface area contributed by atoms with E-state index in [1.165, 1.54) is 17.3 Å². The SMILES string of the molecule is Cn1c2c(c3cc(F)cc(Cl)c31)CNCC2. The van der Waals surface area contributed by atoms with Gasteiger partial charge in [-0.3, -0.25) is 0 Å². The van der Waals surface area contributed by atoms with Crippen molar-refractivity contribution in [3.05, 3.63) is 34.2 Å². The predicted octanol–water partition coefficient (Wildman–Crippen LogP) is 2.62. The Morgan fingerprint density at radius 2 is 2.25 bits per heavy atom. The molecule has 16 heavy (non-hydrogen) atoms. The summed E-state index contributed by atoms with van der Waals surface area (Å²) < 4.78 is 15.5. The van der Waals surface area contributed by atoms with Gasteiger partial charge in [0.25, 0.3) is 0 Å². The second kappa shape index (κ2) is 3.47. The highest BCUT2D eigenvalue weighted by molar-refractivity contribution is 6.35. The number of aromatic nitrogens is 1. The molecule has 0 aliphatic carbocycles. The number of benzene rings is 1. The zero-order chi connectivity index (χ0) is 11.3. The number of rotatable bonds is 0. The Morgan fingerprint density at radius 1 is 1.44 bits per heavy atom. The van der Waals surface area contributed by atoms with Gasteiger partial charge >= 0.3 is 0 Å². The van der Waals surface area contributed by atoms with Crippen molar-refractivity contribution in [2.45, 2.75) is 13.0 Å². The molecule has 4 heteroatoms. The number of halogens is 2. The molecule has 1 aromatic carbocycles. The van der Waals surface area contributed by atoms with Gasteiger partial charge in [0, 0.05) is 37.6 Å². The number of nitrogens with one attached hydrogen (secondary N) is 1. The molecule has 0 bridgehead atoms. The van der Waals surface area contributed by atoms with Crippen molar-refractivity contribution in [3.8, 4) is 0 Å². The molecule has 2 heterocycles. The third-order valence-corrected chi connectivity index (χ3v) is 3.57. The monoisotopic (exact) mass is 238 g/mol. The molecule has 84 valence electrons. The quantitative estimate of drug-likeness (QED) is 0.747. The van der Waals surface area contributed by atoms with Crippen LogP contribution < -0.4 is 5.32 Å². The third-order valence-electron chi connectivity index (χ3n) is 3.28. The summed E-state index contributed by atoms with van der Waals surface area (Å²) in [5.41, 5.74) is 3.39. The molecule has 1 aromatic heterocycles. The number of hydrogen-bond donors (Lipinski definition) is 1. The summed E-state index contributed by atoms with van der Waals surface area (Å²) in [6.07, 6.45) is 0.971. The standard InChI is InChI=1S/C12H12ClFN2/c1-16-11-2-3-15-6-9(11)8-4-7(14)5-10(13)12(8)16/h4-5,15H,2-3,6H2,1H3. The molecule has 1 aliphatic rings. The molecule has 0 atom stereocenters. The average molecular weight is 239 g/mol. The van der Waals surface area contributed by atoms with Crippen molar-refractivity contribution in [2.24, 2.45) is 7.05 Å².